The summed E-state index contributed by atoms with van der Waals surface area (Å²) >= 11 is 1.71. The average molecular weight is 463 g/mol. The number of alkyl halides is 3. The lowest BCUT2D eigenvalue weighted by Crippen LogP contribution is -2.05. The number of carboxylic acid groups (broad SMARTS) is 1. The molecule has 0 saturated heterocycles. The molecule has 0 saturated carbocycles. The van der Waals surface area contributed by atoms with Crippen LogP contribution in [0.15, 0.2) is 53.6 Å². The van der Waals surface area contributed by atoms with Gasteiger partial charge in [0, 0.05) is 23.3 Å². The van der Waals surface area contributed by atoms with Crippen molar-refractivity contribution in [3.05, 3.63) is 76.6 Å². The third-order valence-electron chi connectivity index (χ3n) is 5.35. The lowest BCUT2D eigenvalue weighted by molar-refractivity contribution is -0.138. The Labute approximate surface area is 189 Å². The van der Waals surface area contributed by atoms with Gasteiger partial charge in [0.2, 0.25) is 0 Å². The number of aryl methyl sites for hydroxylation is 3. The van der Waals surface area contributed by atoms with Crippen LogP contribution in [0.5, 0.6) is 0 Å². The number of nitrogens with zero attached hydrogens (tertiary/aromatic N) is 2. The molecule has 1 N–H and O–H groups in total. The van der Waals surface area contributed by atoms with Crippen LogP contribution in [0.1, 0.15) is 47.2 Å². The zero-order valence-corrected chi connectivity index (χ0v) is 18.9. The Morgan fingerprint density at radius 3 is 2.44 bits per heavy atom. The van der Waals surface area contributed by atoms with Crippen LogP contribution in [0.3, 0.4) is 0 Å². The second kappa shape index (κ2) is 9.81. The largest absolute Gasteiger partial charge is 0.481 e. The summed E-state index contributed by atoms with van der Waals surface area (Å²) in [7, 11) is 0. The maximum absolute atomic E-state index is 12.8. The van der Waals surface area contributed by atoms with Gasteiger partial charge in [-0.1, -0.05) is 13.0 Å². The lowest BCUT2D eigenvalue weighted by Gasteiger charge is -2.12. The van der Waals surface area contributed by atoms with Crippen molar-refractivity contribution in [2.24, 2.45) is 0 Å². The van der Waals surface area contributed by atoms with E-state index in [4.69, 9.17) is 5.11 Å². The summed E-state index contributed by atoms with van der Waals surface area (Å²) in [6.07, 6.45) is -1.84. The highest BCUT2D eigenvalue weighted by molar-refractivity contribution is 7.99. The normalized spacial score (nSPS) is 12.7. The fraction of sp³-hybridized carbons (Fsp3) is 0.333. The molecule has 1 unspecified atom stereocenters. The van der Waals surface area contributed by atoms with Crippen LogP contribution in [0, 0.1) is 13.8 Å². The molecule has 0 fully saturated rings. The molecule has 1 atom stereocenters. The first-order valence-corrected chi connectivity index (χ1v) is 11.2. The van der Waals surface area contributed by atoms with Gasteiger partial charge in [-0.3, -0.25) is 4.79 Å². The molecule has 0 aliphatic heterocycles. The van der Waals surface area contributed by atoms with E-state index in [2.05, 4.69) is 18.1 Å². The number of halogens is 3. The summed E-state index contributed by atoms with van der Waals surface area (Å²) < 4.78 is 40.0. The second-order valence-electron chi connectivity index (χ2n) is 7.85. The predicted molar refractivity (Wildman–Crippen MR) is 120 cm³/mol. The van der Waals surface area contributed by atoms with E-state index in [1.165, 1.54) is 12.1 Å². The van der Waals surface area contributed by atoms with E-state index in [1.807, 2.05) is 32.2 Å². The Hall–Kier alpha value is -2.74. The van der Waals surface area contributed by atoms with Gasteiger partial charge in [-0.05, 0) is 79.3 Å². The van der Waals surface area contributed by atoms with E-state index in [1.54, 1.807) is 16.4 Å². The second-order valence-corrected chi connectivity index (χ2v) is 8.95. The first-order valence-electron chi connectivity index (χ1n) is 10.2. The third kappa shape index (κ3) is 5.94. The van der Waals surface area contributed by atoms with Crippen molar-refractivity contribution >= 4 is 17.7 Å². The third-order valence-corrected chi connectivity index (χ3v) is 6.60. The van der Waals surface area contributed by atoms with Gasteiger partial charge in [0.05, 0.1) is 16.9 Å². The van der Waals surface area contributed by atoms with E-state index in [-0.39, 0.29) is 12.3 Å². The highest BCUT2D eigenvalue weighted by Gasteiger charge is 2.30. The highest BCUT2D eigenvalue weighted by atomic mass is 32.2. The first kappa shape index (κ1) is 23.9. The van der Waals surface area contributed by atoms with E-state index in [9.17, 15) is 18.0 Å². The van der Waals surface area contributed by atoms with Gasteiger partial charge in [0.15, 0.2) is 0 Å². The minimum atomic E-state index is -4.36. The molecule has 170 valence electrons. The smallest absolute Gasteiger partial charge is 0.416 e. The van der Waals surface area contributed by atoms with Gasteiger partial charge < -0.3 is 5.11 Å². The molecule has 3 aromatic rings. The molecule has 0 amide bonds. The Morgan fingerprint density at radius 1 is 1.16 bits per heavy atom. The molecule has 4 nitrogen and oxygen atoms in total. The molecule has 0 radical (unpaired) electrons. The van der Waals surface area contributed by atoms with Crippen LogP contribution >= 0.6 is 11.8 Å². The van der Waals surface area contributed by atoms with Crippen molar-refractivity contribution in [3.8, 4) is 5.69 Å². The lowest BCUT2D eigenvalue weighted by atomic mass is 10.0. The molecule has 3 rings (SSSR count). The topological polar surface area (TPSA) is 55.1 Å². The van der Waals surface area contributed by atoms with Crippen LogP contribution in [0.4, 0.5) is 13.2 Å². The van der Waals surface area contributed by atoms with Crippen molar-refractivity contribution < 1.29 is 23.1 Å². The number of hydrogen-bond donors (Lipinski definition) is 1. The van der Waals surface area contributed by atoms with Crippen LogP contribution < -0.4 is 0 Å². The van der Waals surface area contributed by atoms with Crippen LogP contribution in [0.25, 0.3) is 5.69 Å². The number of carbonyl (C=O) groups is 1. The number of carboxylic acids is 1. The SMILES string of the molecule is Cc1cc(SCC(C)c2cn(-c3ccc(C(F)(F)F)cc3)nc2C)ccc1CCC(=O)O. The minimum Gasteiger partial charge on any atom is -0.481 e. The number of benzene rings is 2. The molecule has 1 heterocycles. The maximum atomic E-state index is 12.8. The quantitative estimate of drug-likeness (QED) is 0.393. The molecule has 0 aliphatic carbocycles. The van der Waals surface area contributed by atoms with Gasteiger partial charge in [-0.25, -0.2) is 4.68 Å². The molecule has 0 spiro atoms. The van der Waals surface area contributed by atoms with Crippen LogP contribution in [0.2, 0.25) is 0 Å². The summed E-state index contributed by atoms with van der Waals surface area (Å²) in [6, 6.07) is 11.0. The molecule has 1 aromatic heterocycles. The first-order chi connectivity index (χ1) is 15.0. The Balaban J connectivity index is 1.66. The number of hydrogen-bond acceptors (Lipinski definition) is 3. The van der Waals surface area contributed by atoms with Crippen molar-refractivity contribution in [1.82, 2.24) is 9.78 Å². The van der Waals surface area contributed by atoms with Crippen LogP contribution in [-0.2, 0) is 17.4 Å². The summed E-state index contributed by atoms with van der Waals surface area (Å²) in [5.41, 5.74) is 3.92. The van der Waals surface area contributed by atoms with E-state index < -0.39 is 17.7 Å². The number of thioether (sulfide) groups is 1. The molecule has 32 heavy (non-hydrogen) atoms. The molecule has 0 aliphatic rings. The maximum Gasteiger partial charge on any atom is 0.416 e. The van der Waals surface area contributed by atoms with Crippen molar-refractivity contribution in [2.45, 2.75) is 50.6 Å². The van der Waals surface area contributed by atoms with Crippen molar-refractivity contribution in [3.63, 3.8) is 0 Å². The fourth-order valence-corrected chi connectivity index (χ4v) is 4.53. The van der Waals surface area contributed by atoms with Gasteiger partial charge in [0.25, 0.3) is 0 Å². The summed E-state index contributed by atoms with van der Waals surface area (Å²) in [5.74, 6) is 0.201. The predicted octanol–water partition coefficient (Wildman–Crippen LogP) is 6.42. The van der Waals surface area contributed by atoms with E-state index in [0.717, 1.165) is 45.2 Å². The minimum absolute atomic E-state index is 0.118. The zero-order valence-electron chi connectivity index (χ0n) is 18.1. The number of aliphatic carboxylic acids is 1. The Bertz CT molecular complexity index is 1090. The zero-order chi connectivity index (χ0) is 23.5. The van der Waals surface area contributed by atoms with Crippen molar-refractivity contribution in [1.29, 1.82) is 0 Å². The molecular weight excluding hydrogens is 437 g/mol. The van der Waals surface area contributed by atoms with E-state index in [0.29, 0.717) is 12.1 Å². The highest BCUT2D eigenvalue weighted by Crippen LogP contribution is 2.31. The summed E-state index contributed by atoms with van der Waals surface area (Å²) in [6.45, 7) is 5.99. The monoisotopic (exact) mass is 462 g/mol. The number of aromatic nitrogens is 2. The molecule has 2 aromatic carbocycles. The van der Waals surface area contributed by atoms with Crippen LogP contribution in [-0.4, -0.2) is 26.6 Å². The van der Waals surface area contributed by atoms with E-state index >= 15 is 0 Å². The Morgan fingerprint density at radius 2 is 1.84 bits per heavy atom. The average Bonchev–Trinajstić information content (AvgIpc) is 3.12. The molecule has 8 heteroatoms. The fourth-order valence-electron chi connectivity index (χ4n) is 3.48. The van der Waals surface area contributed by atoms with Gasteiger partial charge >= 0.3 is 12.1 Å². The summed E-state index contributed by atoms with van der Waals surface area (Å²) in [4.78, 5) is 11.9. The standard InChI is InChI=1S/C24H25F3N2O2S/c1-15-12-21(10-4-18(15)5-11-23(30)31)32-14-16(2)22-13-29(28-17(22)3)20-8-6-19(7-9-20)24(25,26)27/h4,6-10,12-13,16H,5,11,14H2,1-3H3,(H,30,31). The van der Waals surface area contributed by atoms with Gasteiger partial charge in [-0.15, -0.1) is 11.8 Å². The molecular formula is C24H25F3N2O2S. The summed E-state index contributed by atoms with van der Waals surface area (Å²) in [5, 5.41) is 13.3. The van der Waals surface area contributed by atoms with Crippen molar-refractivity contribution in [2.75, 3.05) is 5.75 Å². The van der Waals surface area contributed by atoms with Gasteiger partial charge in [0.1, 0.15) is 0 Å². The Kier molecular flexibility index (Phi) is 7.33. The van der Waals surface area contributed by atoms with Gasteiger partial charge in [-0.2, -0.15) is 18.3 Å². The number of rotatable bonds is 8. The molecule has 0 bridgehead atoms.